The Balaban J connectivity index is 1.97. The van der Waals surface area contributed by atoms with Gasteiger partial charge in [-0.3, -0.25) is 4.90 Å². The Kier molecular flexibility index (Phi) is 4.08. The van der Waals surface area contributed by atoms with E-state index in [0.717, 1.165) is 6.54 Å². The molecule has 18 heavy (non-hydrogen) atoms. The lowest BCUT2D eigenvalue weighted by Gasteiger charge is -2.44. The smallest absolute Gasteiger partial charge is 0.0233 e. The standard InChI is InChI=1S/C16H26N2/c1-13-5-7-14(8-6-13)11-18-10-9-15(17-4)16(2,3)12-18/h5-8,15,17H,9-12H2,1-4H3. The number of aryl methyl sites for hydroxylation is 1. The molecular formula is C16H26N2. The number of piperidine rings is 1. The van der Waals surface area contributed by atoms with Crippen molar-refractivity contribution in [3.8, 4) is 0 Å². The van der Waals surface area contributed by atoms with Crippen LogP contribution in [0.1, 0.15) is 31.4 Å². The topological polar surface area (TPSA) is 15.3 Å². The molecule has 0 aromatic heterocycles. The predicted molar refractivity (Wildman–Crippen MR) is 77.7 cm³/mol. The van der Waals surface area contributed by atoms with Crippen molar-refractivity contribution >= 4 is 0 Å². The van der Waals surface area contributed by atoms with Gasteiger partial charge in [0.2, 0.25) is 0 Å². The van der Waals surface area contributed by atoms with E-state index in [1.807, 2.05) is 0 Å². The van der Waals surface area contributed by atoms with Crippen LogP contribution in [0.15, 0.2) is 24.3 Å². The van der Waals surface area contributed by atoms with Crippen LogP contribution in [0, 0.1) is 12.3 Å². The summed E-state index contributed by atoms with van der Waals surface area (Å²) in [5.41, 5.74) is 3.13. The average molecular weight is 246 g/mol. The molecule has 100 valence electrons. The van der Waals surface area contributed by atoms with Crippen molar-refractivity contribution in [1.82, 2.24) is 10.2 Å². The van der Waals surface area contributed by atoms with Crippen LogP contribution in [0.25, 0.3) is 0 Å². The van der Waals surface area contributed by atoms with Crippen LogP contribution in [0.5, 0.6) is 0 Å². The summed E-state index contributed by atoms with van der Waals surface area (Å²) in [6.07, 6.45) is 1.25. The van der Waals surface area contributed by atoms with Gasteiger partial charge in [-0.2, -0.15) is 0 Å². The summed E-state index contributed by atoms with van der Waals surface area (Å²) in [6.45, 7) is 10.3. The molecule has 1 atom stereocenters. The van der Waals surface area contributed by atoms with Crippen molar-refractivity contribution in [2.75, 3.05) is 20.1 Å². The maximum atomic E-state index is 3.46. The van der Waals surface area contributed by atoms with Crippen molar-refractivity contribution < 1.29 is 0 Å². The summed E-state index contributed by atoms with van der Waals surface area (Å²) in [7, 11) is 2.09. The first kappa shape index (κ1) is 13.6. The van der Waals surface area contributed by atoms with Crippen LogP contribution in [-0.2, 0) is 6.54 Å². The summed E-state index contributed by atoms with van der Waals surface area (Å²) in [6, 6.07) is 9.58. The molecule has 2 nitrogen and oxygen atoms in total. The fourth-order valence-corrected chi connectivity index (χ4v) is 3.09. The van der Waals surface area contributed by atoms with Gasteiger partial charge in [-0.1, -0.05) is 43.7 Å². The van der Waals surface area contributed by atoms with Crippen molar-refractivity contribution in [3.63, 3.8) is 0 Å². The van der Waals surface area contributed by atoms with Gasteiger partial charge in [-0.05, 0) is 31.4 Å². The van der Waals surface area contributed by atoms with E-state index in [0.29, 0.717) is 11.5 Å². The minimum atomic E-state index is 0.359. The molecular weight excluding hydrogens is 220 g/mol. The van der Waals surface area contributed by atoms with Crippen LogP contribution in [0.4, 0.5) is 0 Å². The van der Waals surface area contributed by atoms with Gasteiger partial charge in [0.05, 0.1) is 0 Å². The normalized spacial score (nSPS) is 24.1. The van der Waals surface area contributed by atoms with Gasteiger partial charge in [0.25, 0.3) is 0 Å². The third kappa shape index (κ3) is 3.12. The molecule has 1 aliphatic rings. The van der Waals surface area contributed by atoms with Gasteiger partial charge in [0, 0.05) is 25.7 Å². The summed E-state index contributed by atoms with van der Waals surface area (Å²) in [4.78, 5) is 2.58. The Hall–Kier alpha value is -0.860. The van der Waals surface area contributed by atoms with E-state index in [-0.39, 0.29) is 0 Å². The molecule has 1 aromatic rings. The monoisotopic (exact) mass is 246 g/mol. The molecule has 1 heterocycles. The Morgan fingerprint density at radius 1 is 1.28 bits per heavy atom. The van der Waals surface area contributed by atoms with E-state index in [1.165, 1.54) is 30.6 Å². The second-order valence-corrected chi connectivity index (χ2v) is 6.31. The van der Waals surface area contributed by atoms with Gasteiger partial charge in [0.1, 0.15) is 0 Å². The Morgan fingerprint density at radius 3 is 2.50 bits per heavy atom. The fourth-order valence-electron chi connectivity index (χ4n) is 3.09. The Bertz CT molecular complexity index is 381. The zero-order chi connectivity index (χ0) is 13.2. The number of benzene rings is 1. The largest absolute Gasteiger partial charge is 0.316 e. The average Bonchev–Trinajstić information content (AvgIpc) is 2.31. The second-order valence-electron chi connectivity index (χ2n) is 6.31. The lowest BCUT2D eigenvalue weighted by Crippen LogP contribution is -2.53. The molecule has 0 saturated carbocycles. The zero-order valence-electron chi connectivity index (χ0n) is 12.2. The molecule has 1 saturated heterocycles. The van der Waals surface area contributed by atoms with E-state index in [9.17, 15) is 0 Å². The molecule has 0 spiro atoms. The molecule has 1 aromatic carbocycles. The van der Waals surface area contributed by atoms with Crippen LogP contribution in [-0.4, -0.2) is 31.1 Å². The quantitative estimate of drug-likeness (QED) is 0.882. The summed E-state index contributed by atoms with van der Waals surface area (Å²) < 4.78 is 0. The SMILES string of the molecule is CNC1CCN(Cc2ccc(C)cc2)CC1(C)C. The van der Waals surface area contributed by atoms with Gasteiger partial charge in [-0.25, -0.2) is 0 Å². The number of rotatable bonds is 3. The van der Waals surface area contributed by atoms with Gasteiger partial charge < -0.3 is 5.32 Å². The highest BCUT2D eigenvalue weighted by Crippen LogP contribution is 2.29. The number of likely N-dealkylation sites (tertiary alicyclic amines) is 1. The summed E-state index contributed by atoms with van der Waals surface area (Å²) >= 11 is 0. The highest BCUT2D eigenvalue weighted by molar-refractivity contribution is 5.21. The van der Waals surface area contributed by atoms with E-state index >= 15 is 0 Å². The maximum Gasteiger partial charge on any atom is 0.0233 e. The molecule has 1 aliphatic heterocycles. The van der Waals surface area contributed by atoms with Crippen molar-refractivity contribution in [2.45, 2.75) is 39.8 Å². The predicted octanol–water partition coefficient (Wildman–Crippen LogP) is 2.81. The minimum absolute atomic E-state index is 0.359. The number of nitrogens with zero attached hydrogens (tertiary/aromatic N) is 1. The molecule has 0 aliphatic carbocycles. The molecule has 2 heteroatoms. The molecule has 0 bridgehead atoms. The molecule has 2 rings (SSSR count). The Labute approximate surface area is 111 Å². The third-order valence-corrected chi connectivity index (χ3v) is 4.18. The van der Waals surface area contributed by atoms with Crippen LogP contribution in [0.2, 0.25) is 0 Å². The third-order valence-electron chi connectivity index (χ3n) is 4.18. The van der Waals surface area contributed by atoms with Crippen LogP contribution >= 0.6 is 0 Å². The fraction of sp³-hybridized carbons (Fsp3) is 0.625. The van der Waals surface area contributed by atoms with Gasteiger partial charge in [0.15, 0.2) is 0 Å². The molecule has 1 N–H and O–H groups in total. The van der Waals surface area contributed by atoms with Crippen LogP contribution in [0.3, 0.4) is 0 Å². The lowest BCUT2D eigenvalue weighted by atomic mass is 9.79. The van der Waals surface area contributed by atoms with Crippen molar-refractivity contribution in [1.29, 1.82) is 0 Å². The Morgan fingerprint density at radius 2 is 1.94 bits per heavy atom. The molecule has 0 amide bonds. The van der Waals surface area contributed by atoms with Crippen molar-refractivity contribution in [2.24, 2.45) is 5.41 Å². The highest BCUT2D eigenvalue weighted by Gasteiger charge is 2.34. The summed E-state index contributed by atoms with van der Waals surface area (Å²) in [5.74, 6) is 0. The molecule has 0 radical (unpaired) electrons. The van der Waals surface area contributed by atoms with E-state index in [4.69, 9.17) is 0 Å². The number of hydrogen-bond acceptors (Lipinski definition) is 2. The maximum absolute atomic E-state index is 3.46. The molecule has 1 unspecified atom stereocenters. The first-order valence-corrected chi connectivity index (χ1v) is 6.96. The number of nitrogens with one attached hydrogen (secondary N) is 1. The first-order chi connectivity index (χ1) is 8.51. The lowest BCUT2D eigenvalue weighted by molar-refractivity contribution is 0.0764. The van der Waals surface area contributed by atoms with Gasteiger partial charge >= 0.3 is 0 Å². The van der Waals surface area contributed by atoms with E-state index in [2.05, 4.69) is 62.3 Å². The number of hydrogen-bond donors (Lipinski definition) is 1. The van der Waals surface area contributed by atoms with Crippen LogP contribution < -0.4 is 5.32 Å². The van der Waals surface area contributed by atoms with Crippen molar-refractivity contribution in [3.05, 3.63) is 35.4 Å². The first-order valence-electron chi connectivity index (χ1n) is 6.96. The van der Waals surface area contributed by atoms with E-state index < -0.39 is 0 Å². The minimum Gasteiger partial charge on any atom is -0.316 e. The second kappa shape index (κ2) is 5.41. The summed E-state index contributed by atoms with van der Waals surface area (Å²) in [5, 5.41) is 3.46. The van der Waals surface area contributed by atoms with E-state index in [1.54, 1.807) is 0 Å². The highest BCUT2D eigenvalue weighted by atomic mass is 15.2. The van der Waals surface area contributed by atoms with Gasteiger partial charge in [-0.15, -0.1) is 0 Å². The molecule has 1 fully saturated rings. The zero-order valence-corrected chi connectivity index (χ0v) is 12.2.